The molecule has 0 aromatic rings. The van der Waals surface area contributed by atoms with Crippen molar-refractivity contribution in [2.24, 2.45) is 5.92 Å². The molecule has 2 amide bonds. The highest BCUT2D eigenvalue weighted by molar-refractivity contribution is 5.80. The Kier molecular flexibility index (Phi) is 5.91. The van der Waals surface area contributed by atoms with Crippen molar-refractivity contribution >= 4 is 12.0 Å². The number of carboxylic acids is 1. The molecule has 1 aliphatic rings. The summed E-state index contributed by atoms with van der Waals surface area (Å²) in [6.07, 6.45) is 2.92. The maximum atomic E-state index is 12.0. The molecule has 0 aliphatic heterocycles. The third-order valence-electron chi connectivity index (χ3n) is 2.98. The molecule has 1 aliphatic carbocycles. The second-order valence-corrected chi connectivity index (χ2v) is 4.73. The van der Waals surface area contributed by atoms with Crippen LogP contribution in [0.1, 0.15) is 26.2 Å². The average Bonchev–Trinajstić information content (AvgIpc) is 3.10. The van der Waals surface area contributed by atoms with Gasteiger partial charge in [-0.2, -0.15) is 0 Å². The molecule has 1 atom stereocenters. The molecule has 1 unspecified atom stereocenters. The van der Waals surface area contributed by atoms with E-state index in [2.05, 4.69) is 5.32 Å². The van der Waals surface area contributed by atoms with Crippen LogP contribution in [-0.2, 0) is 9.53 Å². The van der Waals surface area contributed by atoms with Crippen LogP contribution >= 0.6 is 0 Å². The topological polar surface area (TPSA) is 78.9 Å². The molecule has 0 spiro atoms. The van der Waals surface area contributed by atoms with Crippen LogP contribution in [0.4, 0.5) is 4.79 Å². The highest BCUT2D eigenvalue weighted by Crippen LogP contribution is 2.29. The number of carboxylic acid groups (broad SMARTS) is 1. The predicted molar refractivity (Wildman–Crippen MR) is 66.4 cm³/mol. The molecule has 0 radical (unpaired) electrons. The van der Waals surface area contributed by atoms with Crippen molar-refractivity contribution in [2.75, 3.05) is 26.8 Å². The number of carbonyl (C=O) groups excluding carboxylic acids is 1. The normalized spacial score (nSPS) is 16.1. The molecule has 0 saturated heterocycles. The zero-order valence-corrected chi connectivity index (χ0v) is 11.0. The van der Waals surface area contributed by atoms with E-state index in [1.54, 1.807) is 7.11 Å². The van der Waals surface area contributed by atoms with E-state index in [-0.39, 0.29) is 18.6 Å². The average molecular weight is 258 g/mol. The van der Waals surface area contributed by atoms with Gasteiger partial charge in [0, 0.05) is 13.7 Å². The van der Waals surface area contributed by atoms with E-state index < -0.39 is 5.97 Å². The number of hydrogen-bond acceptors (Lipinski definition) is 3. The maximum absolute atomic E-state index is 12.0. The molecule has 0 bridgehead atoms. The summed E-state index contributed by atoms with van der Waals surface area (Å²) < 4.78 is 5.00. The highest BCUT2D eigenvalue weighted by Gasteiger charge is 2.28. The van der Waals surface area contributed by atoms with E-state index >= 15 is 0 Å². The number of methoxy groups -OCH3 is 1. The van der Waals surface area contributed by atoms with Gasteiger partial charge in [-0.25, -0.2) is 4.79 Å². The van der Waals surface area contributed by atoms with Crippen molar-refractivity contribution < 1.29 is 19.4 Å². The third kappa shape index (κ3) is 5.35. The molecule has 1 fully saturated rings. The Morgan fingerprint density at radius 1 is 1.50 bits per heavy atom. The van der Waals surface area contributed by atoms with Crippen LogP contribution in [0.5, 0.6) is 0 Å². The molecule has 2 N–H and O–H groups in total. The van der Waals surface area contributed by atoms with Gasteiger partial charge in [-0.1, -0.05) is 6.92 Å². The van der Waals surface area contributed by atoms with Gasteiger partial charge in [0.2, 0.25) is 0 Å². The van der Waals surface area contributed by atoms with Gasteiger partial charge in [-0.3, -0.25) is 4.79 Å². The molecular weight excluding hydrogens is 236 g/mol. The van der Waals surface area contributed by atoms with Crippen LogP contribution in [0.3, 0.4) is 0 Å². The van der Waals surface area contributed by atoms with Crippen molar-refractivity contribution in [1.29, 1.82) is 0 Å². The Hall–Kier alpha value is -1.30. The minimum Gasteiger partial charge on any atom is -0.480 e. The summed E-state index contributed by atoms with van der Waals surface area (Å²) in [6.45, 7) is 2.67. The number of ether oxygens (including phenoxy) is 1. The van der Waals surface area contributed by atoms with Gasteiger partial charge >= 0.3 is 12.0 Å². The van der Waals surface area contributed by atoms with E-state index in [9.17, 15) is 9.59 Å². The van der Waals surface area contributed by atoms with Crippen molar-refractivity contribution in [3.05, 3.63) is 0 Å². The van der Waals surface area contributed by atoms with Gasteiger partial charge in [-0.05, 0) is 25.2 Å². The summed E-state index contributed by atoms with van der Waals surface area (Å²) in [5, 5.41) is 11.6. The van der Waals surface area contributed by atoms with Crippen molar-refractivity contribution in [3.63, 3.8) is 0 Å². The first-order valence-corrected chi connectivity index (χ1v) is 6.33. The first kappa shape index (κ1) is 14.8. The maximum Gasteiger partial charge on any atom is 0.323 e. The van der Waals surface area contributed by atoms with Crippen molar-refractivity contribution in [3.8, 4) is 0 Å². The Morgan fingerprint density at radius 3 is 2.61 bits per heavy atom. The summed E-state index contributed by atoms with van der Waals surface area (Å²) >= 11 is 0. The number of hydrogen-bond donors (Lipinski definition) is 2. The second-order valence-electron chi connectivity index (χ2n) is 4.73. The molecule has 0 aromatic carbocycles. The van der Waals surface area contributed by atoms with Crippen molar-refractivity contribution in [2.45, 2.75) is 32.2 Å². The lowest BCUT2D eigenvalue weighted by Crippen LogP contribution is -2.48. The Bertz CT molecular complexity index is 292. The predicted octanol–water partition coefficient (Wildman–Crippen LogP) is 0.918. The minimum absolute atomic E-state index is 0.0713. The smallest absolute Gasteiger partial charge is 0.323 e. The van der Waals surface area contributed by atoms with E-state index in [0.717, 1.165) is 19.3 Å². The third-order valence-corrected chi connectivity index (χ3v) is 2.98. The van der Waals surface area contributed by atoms with Crippen LogP contribution in [0, 0.1) is 5.92 Å². The molecule has 0 heterocycles. The van der Waals surface area contributed by atoms with Gasteiger partial charge in [0.15, 0.2) is 0 Å². The number of nitrogens with one attached hydrogen (secondary N) is 1. The summed E-state index contributed by atoms with van der Waals surface area (Å²) in [4.78, 5) is 24.1. The summed E-state index contributed by atoms with van der Waals surface area (Å²) in [7, 11) is 1.58. The number of amides is 2. The molecular formula is C12H22N2O4. The summed E-state index contributed by atoms with van der Waals surface area (Å²) in [5.41, 5.74) is 0. The van der Waals surface area contributed by atoms with Crippen LogP contribution in [0.25, 0.3) is 0 Å². The monoisotopic (exact) mass is 258 g/mol. The van der Waals surface area contributed by atoms with Gasteiger partial charge in [-0.15, -0.1) is 0 Å². The minimum atomic E-state index is -0.981. The van der Waals surface area contributed by atoms with Crippen LogP contribution in [0.15, 0.2) is 0 Å². The van der Waals surface area contributed by atoms with Gasteiger partial charge in [0.25, 0.3) is 0 Å². The standard InChI is InChI=1S/C12H22N2O4/c1-3-10(8-18-2)13-12(17)14(7-11(15)16)6-9-4-5-9/h9-10H,3-8H2,1-2H3,(H,13,17)(H,15,16). The summed E-state index contributed by atoms with van der Waals surface area (Å²) in [5.74, 6) is -0.511. The largest absolute Gasteiger partial charge is 0.480 e. The molecule has 1 saturated carbocycles. The van der Waals surface area contributed by atoms with Gasteiger partial charge in [0.05, 0.1) is 12.6 Å². The molecule has 0 aromatic heterocycles. The number of rotatable bonds is 8. The molecule has 1 rings (SSSR count). The lowest BCUT2D eigenvalue weighted by Gasteiger charge is -2.24. The first-order chi connectivity index (χ1) is 8.56. The van der Waals surface area contributed by atoms with E-state index in [0.29, 0.717) is 19.1 Å². The number of aliphatic carboxylic acids is 1. The van der Waals surface area contributed by atoms with Crippen LogP contribution in [-0.4, -0.2) is 54.9 Å². The van der Waals surface area contributed by atoms with Gasteiger partial charge in [0.1, 0.15) is 6.54 Å². The fraction of sp³-hybridized carbons (Fsp3) is 0.833. The summed E-state index contributed by atoms with van der Waals surface area (Å²) in [6, 6.07) is -0.383. The lowest BCUT2D eigenvalue weighted by molar-refractivity contribution is -0.137. The molecule has 6 nitrogen and oxygen atoms in total. The Labute approximate surface area is 107 Å². The quantitative estimate of drug-likeness (QED) is 0.678. The first-order valence-electron chi connectivity index (χ1n) is 6.33. The number of nitrogens with zero attached hydrogens (tertiary/aromatic N) is 1. The molecule has 104 valence electrons. The van der Waals surface area contributed by atoms with Crippen LogP contribution in [0.2, 0.25) is 0 Å². The molecule has 18 heavy (non-hydrogen) atoms. The Morgan fingerprint density at radius 2 is 2.17 bits per heavy atom. The second kappa shape index (κ2) is 7.20. The Balaban J connectivity index is 2.47. The fourth-order valence-corrected chi connectivity index (χ4v) is 1.72. The highest BCUT2D eigenvalue weighted by atomic mass is 16.5. The molecule has 6 heteroatoms. The number of carbonyl (C=O) groups is 2. The van der Waals surface area contributed by atoms with Gasteiger partial charge < -0.3 is 20.1 Å². The van der Waals surface area contributed by atoms with Crippen molar-refractivity contribution in [1.82, 2.24) is 10.2 Å². The lowest BCUT2D eigenvalue weighted by atomic mass is 10.2. The van der Waals surface area contributed by atoms with Crippen LogP contribution < -0.4 is 5.32 Å². The zero-order chi connectivity index (χ0) is 13.5. The zero-order valence-electron chi connectivity index (χ0n) is 11.0. The number of urea groups is 1. The SMILES string of the molecule is CCC(COC)NC(=O)N(CC(=O)O)CC1CC1. The van der Waals surface area contributed by atoms with E-state index in [4.69, 9.17) is 9.84 Å². The fourth-order valence-electron chi connectivity index (χ4n) is 1.72. The van der Waals surface area contributed by atoms with E-state index in [1.807, 2.05) is 6.92 Å². The van der Waals surface area contributed by atoms with E-state index in [1.165, 1.54) is 4.90 Å².